The number of nitrogens with one attached hydrogen (secondary N) is 1. The van der Waals surface area contributed by atoms with Crippen LogP contribution in [0.15, 0.2) is 54.6 Å². The van der Waals surface area contributed by atoms with E-state index in [9.17, 15) is 5.11 Å². The summed E-state index contributed by atoms with van der Waals surface area (Å²) < 4.78 is 0. The molecule has 2 heteroatoms. The zero-order valence-electron chi connectivity index (χ0n) is 13.1. The normalized spacial score (nSPS) is 14.1. The highest BCUT2D eigenvalue weighted by Gasteiger charge is 2.15. The third kappa shape index (κ3) is 4.33. The van der Waals surface area contributed by atoms with Crippen molar-refractivity contribution >= 4 is 0 Å². The lowest BCUT2D eigenvalue weighted by molar-refractivity contribution is 0.381. The predicted octanol–water partition coefficient (Wildman–Crippen LogP) is 4.36. The van der Waals surface area contributed by atoms with Crippen molar-refractivity contribution in [3.05, 3.63) is 65.7 Å². The topological polar surface area (TPSA) is 32.3 Å². The minimum absolute atomic E-state index is 0.160. The van der Waals surface area contributed by atoms with Crippen LogP contribution in [0.1, 0.15) is 37.9 Å². The molecule has 0 bridgehead atoms. The Morgan fingerprint density at radius 1 is 0.857 bits per heavy atom. The minimum atomic E-state index is 0.160. The average molecular weight is 283 g/mol. The Balaban J connectivity index is 2.20. The Hall–Kier alpha value is -1.80. The van der Waals surface area contributed by atoms with Gasteiger partial charge < -0.3 is 10.4 Å². The Morgan fingerprint density at radius 2 is 1.43 bits per heavy atom. The summed E-state index contributed by atoms with van der Waals surface area (Å²) in [5.74, 6) is 1.59. The molecule has 2 atom stereocenters. The summed E-state index contributed by atoms with van der Waals surface area (Å²) >= 11 is 0. The third-order valence-electron chi connectivity index (χ3n) is 4.14. The molecule has 0 fully saturated rings. The molecule has 2 aromatic carbocycles. The summed E-state index contributed by atoms with van der Waals surface area (Å²) in [4.78, 5) is 0. The Morgan fingerprint density at radius 3 is 2.00 bits per heavy atom. The number of hydrogen-bond donors (Lipinski definition) is 2. The van der Waals surface area contributed by atoms with Gasteiger partial charge in [0.15, 0.2) is 0 Å². The first-order valence-corrected chi connectivity index (χ1v) is 7.65. The fraction of sp³-hybridized carbons (Fsp3) is 0.368. The first-order valence-electron chi connectivity index (χ1n) is 7.65. The van der Waals surface area contributed by atoms with Crippen molar-refractivity contribution in [2.75, 3.05) is 6.54 Å². The Kier molecular flexibility index (Phi) is 5.40. The van der Waals surface area contributed by atoms with Gasteiger partial charge in [-0.1, -0.05) is 63.2 Å². The van der Waals surface area contributed by atoms with E-state index >= 15 is 0 Å². The molecule has 2 unspecified atom stereocenters. The molecule has 0 aliphatic carbocycles. The first-order chi connectivity index (χ1) is 10.1. The van der Waals surface area contributed by atoms with E-state index in [0.717, 1.165) is 6.54 Å². The number of phenolic OH excluding ortho intramolecular Hbond substituents is 1. The smallest absolute Gasteiger partial charge is 0.115 e. The van der Waals surface area contributed by atoms with Gasteiger partial charge in [0.25, 0.3) is 0 Å². The van der Waals surface area contributed by atoms with Crippen molar-refractivity contribution in [1.29, 1.82) is 0 Å². The zero-order valence-corrected chi connectivity index (χ0v) is 13.1. The van der Waals surface area contributed by atoms with Gasteiger partial charge in [-0.15, -0.1) is 0 Å². The molecule has 112 valence electrons. The van der Waals surface area contributed by atoms with Crippen LogP contribution in [0.4, 0.5) is 0 Å². The molecule has 0 saturated heterocycles. The van der Waals surface area contributed by atoms with E-state index in [1.165, 1.54) is 11.1 Å². The van der Waals surface area contributed by atoms with Crippen molar-refractivity contribution in [2.24, 2.45) is 11.8 Å². The molecular weight excluding hydrogens is 258 g/mol. The van der Waals surface area contributed by atoms with Gasteiger partial charge in [0, 0.05) is 0 Å². The molecule has 2 aromatic rings. The highest BCUT2D eigenvalue weighted by molar-refractivity contribution is 5.34. The highest BCUT2D eigenvalue weighted by atomic mass is 16.3. The maximum atomic E-state index is 9.48. The number of phenols is 1. The molecular formula is C19H25NO. The van der Waals surface area contributed by atoms with Crippen LogP contribution in [-0.2, 0) is 0 Å². The maximum absolute atomic E-state index is 9.48. The molecule has 0 aliphatic rings. The van der Waals surface area contributed by atoms with Crippen molar-refractivity contribution in [1.82, 2.24) is 5.32 Å². The van der Waals surface area contributed by atoms with Gasteiger partial charge in [0.05, 0.1) is 6.04 Å². The second-order valence-corrected chi connectivity index (χ2v) is 6.06. The van der Waals surface area contributed by atoms with E-state index in [4.69, 9.17) is 0 Å². The van der Waals surface area contributed by atoms with Crippen LogP contribution < -0.4 is 5.32 Å². The lowest BCUT2D eigenvalue weighted by Gasteiger charge is -2.24. The predicted molar refractivity (Wildman–Crippen MR) is 88.4 cm³/mol. The fourth-order valence-corrected chi connectivity index (χ4v) is 2.28. The number of benzene rings is 2. The van der Waals surface area contributed by atoms with Crippen LogP contribution in [0.3, 0.4) is 0 Å². The quantitative estimate of drug-likeness (QED) is 0.825. The summed E-state index contributed by atoms with van der Waals surface area (Å²) in [6, 6.07) is 18.1. The third-order valence-corrected chi connectivity index (χ3v) is 4.14. The van der Waals surface area contributed by atoms with Crippen molar-refractivity contribution < 1.29 is 5.11 Å². The van der Waals surface area contributed by atoms with Gasteiger partial charge in [-0.05, 0) is 41.6 Å². The van der Waals surface area contributed by atoms with Crippen LogP contribution in [0.25, 0.3) is 0 Å². The molecule has 2 N–H and O–H groups in total. The Bertz CT molecular complexity index is 533. The average Bonchev–Trinajstić information content (AvgIpc) is 2.50. The van der Waals surface area contributed by atoms with Crippen LogP contribution >= 0.6 is 0 Å². The van der Waals surface area contributed by atoms with Gasteiger partial charge in [-0.2, -0.15) is 0 Å². The van der Waals surface area contributed by atoms with E-state index in [1.54, 1.807) is 12.1 Å². The number of rotatable bonds is 6. The molecule has 0 radical (unpaired) electrons. The van der Waals surface area contributed by atoms with Crippen LogP contribution in [0, 0.1) is 11.8 Å². The lowest BCUT2D eigenvalue weighted by Crippen LogP contribution is -2.29. The van der Waals surface area contributed by atoms with Crippen LogP contribution in [-0.4, -0.2) is 11.7 Å². The molecule has 21 heavy (non-hydrogen) atoms. The molecule has 2 rings (SSSR count). The van der Waals surface area contributed by atoms with Crippen molar-refractivity contribution in [3.63, 3.8) is 0 Å². The molecule has 0 aromatic heterocycles. The zero-order chi connectivity index (χ0) is 15.2. The fourth-order valence-electron chi connectivity index (χ4n) is 2.28. The van der Waals surface area contributed by atoms with E-state index in [-0.39, 0.29) is 6.04 Å². The highest BCUT2D eigenvalue weighted by Crippen LogP contribution is 2.24. The maximum Gasteiger partial charge on any atom is 0.115 e. The van der Waals surface area contributed by atoms with E-state index in [0.29, 0.717) is 17.6 Å². The van der Waals surface area contributed by atoms with Gasteiger partial charge in [-0.25, -0.2) is 0 Å². The van der Waals surface area contributed by atoms with Gasteiger partial charge >= 0.3 is 0 Å². The van der Waals surface area contributed by atoms with Crippen LogP contribution in [0.5, 0.6) is 5.75 Å². The monoisotopic (exact) mass is 283 g/mol. The molecule has 0 heterocycles. The molecule has 0 saturated carbocycles. The molecule has 0 amide bonds. The van der Waals surface area contributed by atoms with Gasteiger partial charge in [0.1, 0.15) is 5.75 Å². The minimum Gasteiger partial charge on any atom is -0.508 e. The van der Waals surface area contributed by atoms with Crippen LogP contribution in [0.2, 0.25) is 0 Å². The SMILES string of the molecule is CC(C)C(C)CNC(c1ccccc1)c1ccc(O)cc1. The summed E-state index contributed by atoms with van der Waals surface area (Å²) in [6.45, 7) is 7.75. The second kappa shape index (κ2) is 7.28. The largest absolute Gasteiger partial charge is 0.508 e. The van der Waals surface area contributed by atoms with E-state index < -0.39 is 0 Å². The molecule has 0 aliphatic heterocycles. The number of aromatic hydroxyl groups is 1. The first kappa shape index (κ1) is 15.6. The summed E-state index contributed by atoms with van der Waals surface area (Å²) in [7, 11) is 0. The summed E-state index contributed by atoms with van der Waals surface area (Å²) in [5.41, 5.74) is 2.43. The van der Waals surface area contributed by atoms with Crippen molar-refractivity contribution in [3.8, 4) is 5.75 Å². The standard InChI is InChI=1S/C19H25NO/c1-14(2)15(3)13-20-19(16-7-5-4-6-8-16)17-9-11-18(21)12-10-17/h4-12,14-15,19-21H,13H2,1-3H3. The van der Waals surface area contributed by atoms with E-state index in [2.05, 4.69) is 50.4 Å². The summed E-state index contributed by atoms with van der Waals surface area (Å²) in [5, 5.41) is 13.2. The number of hydrogen-bond acceptors (Lipinski definition) is 2. The van der Waals surface area contributed by atoms with Crippen molar-refractivity contribution in [2.45, 2.75) is 26.8 Å². The molecule has 0 spiro atoms. The molecule has 2 nitrogen and oxygen atoms in total. The Labute approximate surface area is 127 Å². The summed E-state index contributed by atoms with van der Waals surface area (Å²) in [6.07, 6.45) is 0. The van der Waals surface area contributed by atoms with Gasteiger partial charge in [-0.3, -0.25) is 0 Å². The van der Waals surface area contributed by atoms with E-state index in [1.807, 2.05) is 18.2 Å². The van der Waals surface area contributed by atoms with Gasteiger partial charge in [0.2, 0.25) is 0 Å². The lowest BCUT2D eigenvalue weighted by atomic mass is 9.95. The second-order valence-electron chi connectivity index (χ2n) is 6.06.